The number of nitriles is 1. The summed E-state index contributed by atoms with van der Waals surface area (Å²) in [6.45, 7) is 0. The Morgan fingerprint density at radius 1 is 1.40 bits per heavy atom. The maximum Gasteiger partial charge on any atom is 0.357 e. The van der Waals surface area contributed by atoms with Crippen LogP contribution in [0, 0.1) is 11.3 Å². The van der Waals surface area contributed by atoms with Crippen LogP contribution >= 0.6 is 0 Å². The predicted molar refractivity (Wildman–Crippen MR) is 47.3 cm³/mol. The first-order valence-corrected chi connectivity index (χ1v) is 3.99. The number of rotatable bonds is 2. The molecular weight excluding hydrogens is 204 g/mol. The molecule has 0 radical (unpaired) electrons. The first-order chi connectivity index (χ1) is 7.01. The van der Waals surface area contributed by atoms with E-state index in [1.165, 1.54) is 19.2 Å². The number of nitrogens with zero attached hydrogens (tertiary/aromatic N) is 1. The molecule has 0 aliphatic rings. The van der Waals surface area contributed by atoms with Crippen LogP contribution in [-0.2, 0) is 10.7 Å². The van der Waals surface area contributed by atoms with Crippen LogP contribution in [0.1, 0.15) is 15.9 Å². The summed E-state index contributed by atoms with van der Waals surface area (Å²) in [6, 6.07) is 5.29. The number of carbonyl (C=O) groups is 1. The number of ether oxygens (including phenoxy) is 1. The summed E-state index contributed by atoms with van der Waals surface area (Å²) in [5.74, 6) is -4.14. The van der Waals surface area contributed by atoms with Gasteiger partial charge in [-0.05, 0) is 12.1 Å². The Morgan fingerprint density at radius 2 is 1.93 bits per heavy atom. The number of alkyl halides is 2. The highest BCUT2D eigenvalue weighted by Crippen LogP contribution is 2.26. The summed E-state index contributed by atoms with van der Waals surface area (Å²) >= 11 is 0. The van der Waals surface area contributed by atoms with Gasteiger partial charge in [-0.1, -0.05) is 12.1 Å². The van der Waals surface area contributed by atoms with Crippen molar-refractivity contribution in [3.63, 3.8) is 0 Å². The van der Waals surface area contributed by atoms with E-state index in [0.29, 0.717) is 0 Å². The maximum absolute atomic E-state index is 12.8. The van der Waals surface area contributed by atoms with Crippen molar-refractivity contribution >= 4 is 5.97 Å². The molecule has 3 nitrogen and oxygen atoms in total. The largest absolute Gasteiger partial charge is 0.465 e. The Balaban J connectivity index is 3.01. The number of carbonyl (C=O) groups excluding carboxylic acids is 1. The van der Waals surface area contributed by atoms with Crippen molar-refractivity contribution in [3.05, 3.63) is 35.4 Å². The Morgan fingerprint density at radius 3 is 2.33 bits per heavy atom. The van der Waals surface area contributed by atoms with E-state index < -0.39 is 17.5 Å². The average Bonchev–Trinajstić information content (AvgIpc) is 2.28. The molecule has 0 N–H and O–H groups in total. The average molecular weight is 211 g/mol. The van der Waals surface area contributed by atoms with E-state index in [2.05, 4.69) is 4.74 Å². The quantitative estimate of drug-likeness (QED) is 0.703. The molecule has 1 rings (SSSR count). The van der Waals surface area contributed by atoms with E-state index in [4.69, 9.17) is 5.26 Å². The number of hydrogen-bond acceptors (Lipinski definition) is 3. The second-order valence-corrected chi connectivity index (χ2v) is 2.76. The second-order valence-electron chi connectivity index (χ2n) is 2.76. The van der Waals surface area contributed by atoms with E-state index in [1.54, 1.807) is 0 Å². The minimum Gasteiger partial charge on any atom is -0.465 e. The van der Waals surface area contributed by atoms with Gasteiger partial charge in [-0.15, -0.1) is 0 Å². The van der Waals surface area contributed by atoms with E-state index in [0.717, 1.165) is 18.2 Å². The predicted octanol–water partition coefficient (Wildman–Crippen LogP) is 2.09. The van der Waals surface area contributed by atoms with Crippen LogP contribution in [0.15, 0.2) is 24.3 Å². The van der Waals surface area contributed by atoms with Crippen molar-refractivity contribution in [2.75, 3.05) is 7.11 Å². The number of halogens is 2. The molecule has 5 heteroatoms. The third kappa shape index (κ3) is 2.29. The molecule has 1 aromatic rings. The number of methoxy groups -OCH3 is 1. The molecule has 0 heterocycles. The lowest BCUT2D eigenvalue weighted by Crippen LogP contribution is -2.10. The lowest BCUT2D eigenvalue weighted by Gasteiger charge is -2.07. The Labute approximate surface area is 84.9 Å². The maximum atomic E-state index is 12.8. The number of hydrogen-bond donors (Lipinski definition) is 0. The Bertz CT molecular complexity index is 406. The minimum atomic E-state index is -3.53. The number of benzene rings is 1. The second kappa shape index (κ2) is 4.05. The molecule has 0 aromatic heterocycles. The molecule has 0 bridgehead atoms. The van der Waals surface area contributed by atoms with E-state index in [1.807, 2.05) is 0 Å². The Hall–Kier alpha value is -1.96. The first-order valence-electron chi connectivity index (χ1n) is 3.99. The fourth-order valence-corrected chi connectivity index (χ4v) is 0.998. The molecule has 0 aliphatic carbocycles. The first kappa shape index (κ1) is 11.1. The normalized spacial score (nSPS) is 10.5. The fraction of sp³-hybridized carbons (Fsp3) is 0.200. The molecule has 0 spiro atoms. The van der Waals surface area contributed by atoms with Crippen LogP contribution in [0.25, 0.3) is 0 Å². The monoisotopic (exact) mass is 211 g/mol. The highest BCUT2D eigenvalue weighted by molar-refractivity contribution is 5.89. The van der Waals surface area contributed by atoms with Crippen LogP contribution in [0.5, 0.6) is 0 Å². The summed E-state index contributed by atoms with van der Waals surface area (Å²) in [6.07, 6.45) is 0. The van der Waals surface area contributed by atoms with Gasteiger partial charge in [-0.2, -0.15) is 14.0 Å². The van der Waals surface area contributed by atoms with Gasteiger partial charge < -0.3 is 4.74 Å². The molecule has 0 amide bonds. The van der Waals surface area contributed by atoms with Gasteiger partial charge in [0, 0.05) is 5.56 Å². The van der Waals surface area contributed by atoms with Crippen molar-refractivity contribution in [2.45, 2.75) is 5.92 Å². The van der Waals surface area contributed by atoms with Gasteiger partial charge in [0.15, 0.2) is 0 Å². The topological polar surface area (TPSA) is 50.1 Å². The van der Waals surface area contributed by atoms with Crippen molar-refractivity contribution in [2.24, 2.45) is 0 Å². The van der Waals surface area contributed by atoms with E-state index >= 15 is 0 Å². The molecule has 1 aromatic carbocycles. The zero-order valence-electron chi connectivity index (χ0n) is 7.83. The highest BCUT2D eigenvalue weighted by Gasteiger charge is 2.30. The van der Waals surface area contributed by atoms with Gasteiger partial charge in [0.25, 0.3) is 0 Å². The molecule has 0 saturated carbocycles. The van der Waals surface area contributed by atoms with Gasteiger partial charge in [-0.25, -0.2) is 4.79 Å². The molecule has 0 unspecified atom stereocenters. The zero-order chi connectivity index (χ0) is 11.5. The van der Waals surface area contributed by atoms with Crippen LogP contribution in [-0.4, -0.2) is 13.1 Å². The summed E-state index contributed by atoms with van der Waals surface area (Å²) in [4.78, 5) is 11.0. The molecule has 0 atom stereocenters. The van der Waals surface area contributed by atoms with Gasteiger partial charge in [0.05, 0.1) is 12.7 Å². The summed E-state index contributed by atoms with van der Waals surface area (Å²) in [5.41, 5.74) is -0.285. The van der Waals surface area contributed by atoms with Crippen molar-refractivity contribution in [1.82, 2.24) is 0 Å². The minimum absolute atomic E-state index is 0.162. The van der Waals surface area contributed by atoms with Gasteiger partial charge >= 0.3 is 11.9 Å². The van der Waals surface area contributed by atoms with Gasteiger partial charge in [0.2, 0.25) is 0 Å². The molecule has 0 aliphatic heterocycles. The molecule has 78 valence electrons. The third-order valence-corrected chi connectivity index (χ3v) is 1.81. The van der Waals surface area contributed by atoms with Crippen LogP contribution in [0.2, 0.25) is 0 Å². The standard InChI is InChI=1S/C10H7F2NO2/c1-15-9(14)7-2-4-8(5-3-7)10(11,12)6-13/h2-5H,1H3. The van der Waals surface area contributed by atoms with Crippen LogP contribution in [0.3, 0.4) is 0 Å². The van der Waals surface area contributed by atoms with Crippen LogP contribution in [0.4, 0.5) is 8.78 Å². The van der Waals surface area contributed by atoms with Crippen molar-refractivity contribution in [1.29, 1.82) is 5.26 Å². The van der Waals surface area contributed by atoms with Crippen LogP contribution < -0.4 is 0 Å². The van der Waals surface area contributed by atoms with E-state index in [-0.39, 0.29) is 5.56 Å². The number of esters is 1. The third-order valence-electron chi connectivity index (χ3n) is 1.81. The smallest absolute Gasteiger partial charge is 0.357 e. The SMILES string of the molecule is COC(=O)c1ccc(C(F)(F)C#N)cc1. The van der Waals surface area contributed by atoms with Crippen molar-refractivity contribution in [3.8, 4) is 6.07 Å². The lowest BCUT2D eigenvalue weighted by molar-refractivity contribution is 0.0585. The Kier molecular flexibility index (Phi) is 3.00. The summed E-state index contributed by atoms with van der Waals surface area (Å²) in [5, 5.41) is 8.18. The summed E-state index contributed by atoms with van der Waals surface area (Å²) < 4.78 is 30.0. The van der Waals surface area contributed by atoms with Gasteiger partial charge in [0.1, 0.15) is 6.07 Å². The molecular formula is C10H7F2NO2. The molecule has 0 fully saturated rings. The lowest BCUT2D eigenvalue weighted by atomic mass is 10.1. The molecule has 15 heavy (non-hydrogen) atoms. The van der Waals surface area contributed by atoms with Gasteiger partial charge in [-0.3, -0.25) is 0 Å². The molecule has 0 saturated heterocycles. The summed E-state index contributed by atoms with van der Waals surface area (Å²) in [7, 11) is 1.19. The van der Waals surface area contributed by atoms with E-state index in [9.17, 15) is 13.6 Å². The highest BCUT2D eigenvalue weighted by atomic mass is 19.3. The zero-order valence-corrected chi connectivity index (χ0v) is 7.83. The van der Waals surface area contributed by atoms with Crippen molar-refractivity contribution < 1.29 is 18.3 Å². The fourth-order valence-electron chi connectivity index (χ4n) is 0.998.